The predicted octanol–water partition coefficient (Wildman–Crippen LogP) is 5.89. The van der Waals surface area contributed by atoms with Crippen molar-refractivity contribution in [3.05, 3.63) is 29.8 Å². The molecule has 1 rings (SSSR count). The van der Waals surface area contributed by atoms with Gasteiger partial charge in [0.05, 0.1) is 5.54 Å². The van der Waals surface area contributed by atoms with Crippen LogP contribution in [0.5, 0.6) is 0 Å². The van der Waals surface area contributed by atoms with Gasteiger partial charge in [0.25, 0.3) is 0 Å². The third-order valence-electron chi connectivity index (χ3n) is 5.63. The average molecular weight is 375 g/mol. The maximum absolute atomic E-state index is 13.1. The van der Waals surface area contributed by atoms with Gasteiger partial charge in [0.1, 0.15) is 0 Å². The molecule has 0 atom stereocenters. The molecule has 0 radical (unpaired) electrons. The Hall–Kier alpha value is -1.35. The van der Waals surface area contributed by atoms with Crippen molar-refractivity contribution in [1.29, 1.82) is 0 Å². The molecule has 0 aliphatic carbocycles. The molecule has 0 fully saturated rings. The second-order valence-electron chi connectivity index (χ2n) is 9.35. The Kier molecular flexibility index (Phi) is 9.52. The van der Waals surface area contributed by atoms with Crippen molar-refractivity contribution in [3.8, 4) is 0 Å². The lowest BCUT2D eigenvalue weighted by Crippen LogP contribution is -2.48. The van der Waals surface area contributed by atoms with Crippen LogP contribution in [-0.2, 0) is 0 Å². The molecule has 0 bridgehead atoms. The summed E-state index contributed by atoms with van der Waals surface area (Å²) in [5.74, 6) is 1.66. The molecular weight excluding hydrogens is 332 g/mol. The van der Waals surface area contributed by atoms with E-state index in [0.717, 1.165) is 31.0 Å². The van der Waals surface area contributed by atoms with E-state index in [-0.39, 0.29) is 5.78 Å². The van der Waals surface area contributed by atoms with Gasteiger partial charge in [0.15, 0.2) is 5.78 Å². The lowest BCUT2D eigenvalue weighted by Gasteiger charge is -2.34. The Bertz CT molecular complexity index is 560. The van der Waals surface area contributed by atoms with Crippen molar-refractivity contribution < 1.29 is 4.79 Å². The number of likely N-dealkylation sites (N-methyl/N-ethyl adjacent to an activating group) is 1. The van der Waals surface area contributed by atoms with Gasteiger partial charge in [0, 0.05) is 24.8 Å². The number of carbonyl (C=O) groups is 1. The van der Waals surface area contributed by atoms with Crippen LogP contribution in [0.4, 0.5) is 5.69 Å². The minimum Gasteiger partial charge on any atom is -0.375 e. The molecule has 27 heavy (non-hydrogen) atoms. The molecule has 0 saturated heterocycles. The van der Waals surface area contributed by atoms with Crippen LogP contribution in [0.1, 0.15) is 77.6 Å². The van der Waals surface area contributed by atoms with Gasteiger partial charge in [-0.05, 0) is 89.2 Å². The lowest BCUT2D eigenvalue weighted by atomic mass is 9.91. The second-order valence-corrected chi connectivity index (χ2v) is 9.35. The van der Waals surface area contributed by atoms with Crippen LogP contribution in [0.3, 0.4) is 0 Å². The van der Waals surface area contributed by atoms with Crippen molar-refractivity contribution in [1.82, 2.24) is 4.90 Å². The molecule has 0 aliphatic heterocycles. The van der Waals surface area contributed by atoms with Gasteiger partial charge in [-0.3, -0.25) is 9.69 Å². The van der Waals surface area contributed by atoms with Gasteiger partial charge in [-0.15, -0.1) is 0 Å². The molecule has 0 heterocycles. The molecule has 3 nitrogen and oxygen atoms in total. The average Bonchev–Trinajstić information content (AvgIpc) is 2.60. The fraction of sp³-hybridized carbons (Fsp3) is 0.708. The van der Waals surface area contributed by atoms with E-state index in [2.05, 4.69) is 63.7 Å². The molecule has 0 unspecified atom stereocenters. The molecule has 3 heteroatoms. The fourth-order valence-corrected chi connectivity index (χ4v) is 3.28. The molecule has 0 saturated carbocycles. The molecule has 154 valence electrons. The van der Waals surface area contributed by atoms with Gasteiger partial charge >= 0.3 is 0 Å². The van der Waals surface area contributed by atoms with Crippen LogP contribution < -0.4 is 4.90 Å². The normalized spacial score (nSPS) is 12.3. The zero-order chi connectivity index (χ0) is 20.6. The summed E-state index contributed by atoms with van der Waals surface area (Å²) in [6, 6.07) is 8.13. The van der Waals surface area contributed by atoms with E-state index in [4.69, 9.17) is 0 Å². The SMILES string of the molecule is CC(C)CCCN(C)c1ccc(C(=O)C(C)(C)N(C)CCCC(C)C)cc1. The number of hydrogen-bond donors (Lipinski definition) is 0. The third-order valence-corrected chi connectivity index (χ3v) is 5.63. The van der Waals surface area contributed by atoms with Crippen LogP contribution in [-0.4, -0.2) is 43.4 Å². The van der Waals surface area contributed by atoms with Gasteiger partial charge in [-0.2, -0.15) is 0 Å². The molecule has 1 aromatic rings. The lowest BCUT2D eigenvalue weighted by molar-refractivity contribution is 0.0702. The zero-order valence-electron chi connectivity index (χ0n) is 19.0. The number of rotatable bonds is 12. The first-order valence-electron chi connectivity index (χ1n) is 10.6. The molecule has 0 N–H and O–H groups in total. The molecule has 0 aromatic heterocycles. The highest BCUT2D eigenvalue weighted by atomic mass is 16.1. The highest BCUT2D eigenvalue weighted by molar-refractivity contribution is 6.02. The van der Waals surface area contributed by atoms with Crippen molar-refractivity contribution in [3.63, 3.8) is 0 Å². The summed E-state index contributed by atoms with van der Waals surface area (Å²) in [5.41, 5.74) is 1.50. The van der Waals surface area contributed by atoms with Crippen LogP contribution in [0.25, 0.3) is 0 Å². The second kappa shape index (κ2) is 10.8. The Morgan fingerprint density at radius 1 is 0.889 bits per heavy atom. The van der Waals surface area contributed by atoms with Gasteiger partial charge in [-0.25, -0.2) is 0 Å². The van der Waals surface area contributed by atoms with E-state index < -0.39 is 5.54 Å². The minimum atomic E-state index is -0.484. The predicted molar refractivity (Wildman–Crippen MR) is 119 cm³/mol. The first kappa shape index (κ1) is 23.7. The topological polar surface area (TPSA) is 23.6 Å². The van der Waals surface area contributed by atoms with E-state index in [1.807, 2.05) is 26.0 Å². The minimum absolute atomic E-state index is 0.198. The van der Waals surface area contributed by atoms with E-state index >= 15 is 0 Å². The number of ketones is 1. The quantitative estimate of drug-likeness (QED) is 0.426. The van der Waals surface area contributed by atoms with Crippen LogP contribution >= 0.6 is 0 Å². The van der Waals surface area contributed by atoms with E-state index in [0.29, 0.717) is 5.92 Å². The van der Waals surface area contributed by atoms with Crippen LogP contribution in [0.2, 0.25) is 0 Å². The monoisotopic (exact) mass is 374 g/mol. The number of benzene rings is 1. The molecule has 0 aliphatic rings. The Labute approximate surface area is 168 Å². The van der Waals surface area contributed by atoms with Crippen molar-refractivity contribution >= 4 is 11.5 Å². The van der Waals surface area contributed by atoms with Crippen molar-refractivity contribution in [2.45, 2.75) is 72.8 Å². The van der Waals surface area contributed by atoms with E-state index in [1.165, 1.54) is 24.9 Å². The Morgan fingerprint density at radius 2 is 1.37 bits per heavy atom. The maximum atomic E-state index is 13.1. The third kappa shape index (κ3) is 7.65. The first-order valence-corrected chi connectivity index (χ1v) is 10.6. The molecule has 0 spiro atoms. The molecular formula is C24H42N2O. The summed E-state index contributed by atoms with van der Waals surface area (Å²) in [5, 5.41) is 0. The van der Waals surface area contributed by atoms with E-state index in [9.17, 15) is 4.79 Å². The summed E-state index contributed by atoms with van der Waals surface area (Å²) < 4.78 is 0. The zero-order valence-corrected chi connectivity index (χ0v) is 19.0. The Balaban J connectivity index is 2.68. The van der Waals surface area contributed by atoms with Crippen LogP contribution in [0.15, 0.2) is 24.3 Å². The number of anilines is 1. The summed E-state index contributed by atoms with van der Waals surface area (Å²) in [4.78, 5) is 17.6. The molecule has 0 amide bonds. The largest absolute Gasteiger partial charge is 0.375 e. The van der Waals surface area contributed by atoms with Gasteiger partial charge < -0.3 is 4.90 Å². The standard InChI is InChI=1S/C24H42N2O/c1-19(2)11-9-17-25(7)22-15-13-21(14-16-22)23(27)24(5,6)26(8)18-10-12-20(3)4/h13-16,19-20H,9-12,17-18H2,1-8H3. The van der Waals surface area contributed by atoms with E-state index in [1.54, 1.807) is 0 Å². The number of Topliss-reactive ketones (excluding diaryl/α,β-unsaturated/α-hetero) is 1. The summed E-state index contributed by atoms with van der Waals surface area (Å²) in [6.45, 7) is 15.1. The summed E-state index contributed by atoms with van der Waals surface area (Å²) in [6.07, 6.45) is 4.78. The van der Waals surface area contributed by atoms with Crippen molar-refractivity contribution in [2.24, 2.45) is 11.8 Å². The van der Waals surface area contributed by atoms with Gasteiger partial charge in [0.2, 0.25) is 0 Å². The number of hydrogen-bond acceptors (Lipinski definition) is 3. The molecule has 1 aromatic carbocycles. The van der Waals surface area contributed by atoms with Gasteiger partial charge in [-0.1, -0.05) is 27.7 Å². The first-order chi connectivity index (χ1) is 12.6. The number of carbonyl (C=O) groups excluding carboxylic acids is 1. The maximum Gasteiger partial charge on any atom is 0.182 e. The highest BCUT2D eigenvalue weighted by Crippen LogP contribution is 2.23. The Morgan fingerprint density at radius 3 is 1.85 bits per heavy atom. The fourth-order valence-electron chi connectivity index (χ4n) is 3.28. The van der Waals surface area contributed by atoms with Crippen LogP contribution in [0, 0.1) is 11.8 Å². The summed E-state index contributed by atoms with van der Waals surface area (Å²) in [7, 11) is 4.19. The number of nitrogens with zero attached hydrogens (tertiary/aromatic N) is 2. The summed E-state index contributed by atoms with van der Waals surface area (Å²) >= 11 is 0. The highest BCUT2D eigenvalue weighted by Gasteiger charge is 2.32. The van der Waals surface area contributed by atoms with Crippen molar-refractivity contribution in [2.75, 3.05) is 32.1 Å². The smallest absolute Gasteiger partial charge is 0.182 e.